The molecule has 0 N–H and O–H groups in total. The number of fused-ring (bicyclic) bond motifs is 3. The predicted molar refractivity (Wildman–Crippen MR) is 172 cm³/mol. The first-order chi connectivity index (χ1) is 20.5. The Kier molecular flexibility index (Phi) is 8.90. The molecule has 7 rings (SSSR count). The summed E-state index contributed by atoms with van der Waals surface area (Å²) in [6.45, 7) is 3.79. The maximum absolute atomic E-state index is 8.34. The zero-order valence-corrected chi connectivity index (χ0v) is 25.9. The van der Waals surface area contributed by atoms with Gasteiger partial charge in [-0.15, -0.1) is 59.7 Å². The summed E-state index contributed by atoms with van der Waals surface area (Å²) >= 11 is 0. The normalized spacial score (nSPS) is 11.2. The van der Waals surface area contributed by atoms with E-state index in [-0.39, 0.29) is 20.1 Å². The fraction of sp³-hybridized carbons (Fsp3) is 0.0769. The third kappa shape index (κ3) is 6.39. The van der Waals surface area contributed by atoms with Crippen molar-refractivity contribution in [1.29, 1.82) is 0 Å². The molecule has 2 nitrogen and oxygen atoms in total. The van der Waals surface area contributed by atoms with Crippen LogP contribution in [0.2, 0.25) is 0 Å². The van der Waals surface area contributed by atoms with E-state index < -0.39 is 5.89 Å². The summed E-state index contributed by atoms with van der Waals surface area (Å²) in [6.07, 6.45) is 3.57. The number of rotatable bonds is 4. The van der Waals surface area contributed by atoms with E-state index in [0.717, 1.165) is 28.1 Å². The summed E-state index contributed by atoms with van der Waals surface area (Å²) in [5, 5.41) is 4.82. The third-order valence-corrected chi connectivity index (χ3v) is 7.14. The number of benzene rings is 5. The molecule has 1 radical (unpaired) electrons. The van der Waals surface area contributed by atoms with Crippen LogP contribution in [0.25, 0.3) is 55.2 Å². The quantitative estimate of drug-likeness (QED) is 0.134. The standard InChI is InChI=1S/C28H22N.C11H8N.Ir/c1-19(2)21-14-15-29-28(18-21)22-12-13-24-23(16-22)17-27(20-8-4-3-5-9-20)26-11-7-6-10-25(24)26;1-2-6-10(7-3-1)11-8-4-5-9-12-11;/h3-11,13-19H,1-2H3;1-6,8-9H;/q2*-1;/i19D;;. The van der Waals surface area contributed by atoms with Gasteiger partial charge in [0.25, 0.3) is 0 Å². The number of hydrogen-bond acceptors (Lipinski definition) is 2. The molecule has 0 unspecified atom stereocenters. The molecule has 0 aliphatic heterocycles. The van der Waals surface area contributed by atoms with Crippen molar-refractivity contribution in [2.24, 2.45) is 0 Å². The summed E-state index contributed by atoms with van der Waals surface area (Å²) in [4.78, 5) is 8.78. The second-order valence-corrected chi connectivity index (χ2v) is 10.1. The molecule has 5 aromatic carbocycles. The van der Waals surface area contributed by atoms with Gasteiger partial charge >= 0.3 is 0 Å². The molecule has 42 heavy (non-hydrogen) atoms. The Balaban J connectivity index is 0.000000238. The Morgan fingerprint density at radius 3 is 2.10 bits per heavy atom. The Labute approximate surface area is 262 Å². The third-order valence-electron chi connectivity index (χ3n) is 7.14. The molecule has 7 aromatic rings. The Morgan fingerprint density at radius 2 is 1.36 bits per heavy atom. The molecule has 0 spiro atoms. The minimum atomic E-state index is -0.661. The van der Waals surface area contributed by atoms with Gasteiger partial charge in [-0.2, -0.15) is 0 Å². The van der Waals surface area contributed by atoms with Crippen molar-refractivity contribution in [2.75, 3.05) is 0 Å². The van der Waals surface area contributed by atoms with Crippen molar-refractivity contribution in [3.63, 3.8) is 0 Å². The van der Waals surface area contributed by atoms with E-state index in [0.29, 0.717) is 0 Å². The predicted octanol–water partition coefficient (Wildman–Crippen LogP) is 10.2. The Morgan fingerprint density at radius 1 is 0.619 bits per heavy atom. The number of nitrogens with zero attached hydrogens (tertiary/aromatic N) is 2. The van der Waals surface area contributed by atoms with Gasteiger partial charge in [0.2, 0.25) is 0 Å². The van der Waals surface area contributed by atoms with Crippen LogP contribution >= 0.6 is 0 Å². The van der Waals surface area contributed by atoms with Crippen molar-refractivity contribution in [2.45, 2.75) is 19.7 Å². The average Bonchev–Trinajstić information content (AvgIpc) is 3.05. The molecule has 2 heterocycles. The second-order valence-electron chi connectivity index (χ2n) is 10.1. The van der Waals surface area contributed by atoms with Crippen molar-refractivity contribution < 1.29 is 21.5 Å². The summed E-state index contributed by atoms with van der Waals surface area (Å²) in [5.41, 5.74) is 7.19. The molecule has 0 aliphatic carbocycles. The molecule has 0 fully saturated rings. The van der Waals surface area contributed by atoms with Gasteiger partial charge in [-0.1, -0.05) is 114 Å². The average molecular weight is 720 g/mol. The first kappa shape index (κ1) is 27.7. The van der Waals surface area contributed by atoms with Gasteiger partial charge in [0.1, 0.15) is 0 Å². The maximum Gasteiger partial charge on any atom is 0.0346 e. The van der Waals surface area contributed by atoms with E-state index in [4.69, 9.17) is 1.37 Å². The van der Waals surface area contributed by atoms with Crippen molar-refractivity contribution in [3.8, 4) is 33.6 Å². The maximum atomic E-state index is 8.34. The smallest absolute Gasteiger partial charge is 0.0346 e. The van der Waals surface area contributed by atoms with Crippen molar-refractivity contribution in [1.82, 2.24) is 9.97 Å². The molecule has 0 bridgehead atoms. The van der Waals surface area contributed by atoms with Crippen LogP contribution in [0.3, 0.4) is 0 Å². The fourth-order valence-electron chi connectivity index (χ4n) is 5.01. The molecule has 207 valence electrons. The van der Waals surface area contributed by atoms with E-state index in [1.807, 2.05) is 74.5 Å². The number of hydrogen-bond donors (Lipinski definition) is 0. The summed E-state index contributed by atoms with van der Waals surface area (Å²) < 4.78 is 8.34. The molecule has 0 saturated heterocycles. The molecule has 0 aliphatic rings. The van der Waals surface area contributed by atoms with E-state index in [1.165, 1.54) is 32.7 Å². The first-order valence-corrected chi connectivity index (χ1v) is 13.7. The molecule has 2 aromatic heterocycles. The zero-order chi connectivity index (χ0) is 28.9. The summed E-state index contributed by atoms with van der Waals surface area (Å²) in [7, 11) is 0. The van der Waals surface area contributed by atoms with E-state index >= 15 is 0 Å². The van der Waals surface area contributed by atoms with Gasteiger partial charge in [-0.25, -0.2) is 0 Å². The van der Waals surface area contributed by atoms with Gasteiger partial charge in [0.15, 0.2) is 0 Å². The molecule has 0 amide bonds. The molecular weight excluding hydrogens is 689 g/mol. The first-order valence-electron chi connectivity index (χ1n) is 14.2. The Hall–Kier alpha value is -4.43. The molecule has 0 saturated carbocycles. The van der Waals surface area contributed by atoms with Gasteiger partial charge in [0, 0.05) is 33.9 Å². The zero-order valence-electron chi connectivity index (χ0n) is 24.5. The Bertz CT molecular complexity index is 1910. The molecule has 0 atom stereocenters. The number of pyridine rings is 2. The van der Waals surface area contributed by atoms with Gasteiger partial charge in [0.05, 0.1) is 0 Å². The van der Waals surface area contributed by atoms with E-state index in [9.17, 15) is 0 Å². The van der Waals surface area contributed by atoms with Crippen LogP contribution in [-0.4, -0.2) is 9.97 Å². The van der Waals surface area contributed by atoms with Crippen LogP contribution in [0.5, 0.6) is 0 Å². The topological polar surface area (TPSA) is 25.8 Å². The fourth-order valence-corrected chi connectivity index (χ4v) is 5.01. The SMILES string of the molecule is [2H]C(C)(C)c1ccnc(-c2[c-]cc3c(c2)cc(-c2ccccc2)c2ccccc23)c1.[Ir].[c-]1ccccc1-c1ccccn1. The van der Waals surface area contributed by atoms with Crippen LogP contribution in [0.1, 0.15) is 26.7 Å². The van der Waals surface area contributed by atoms with Crippen molar-refractivity contribution >= 4 is 21.5 Å². The second kappa shape index (κ2) is 13.5. The van der Waals surface area contributed by atoms with Crippen LogP contribution in [0.15, 0.2) is 140 Å². The molecular formula is C39H30IrN2-2. The number of aromatic nitrogens is 2. The van der Waals surface area contributed by atoms with Crippen LogP contribution in [0, 0.1) is 12.1 Å². The van der Waals surface area contributed by atoms with Crippen molar-refractivity contribution in [3.05, 3.63) is 157 Å². The summed E-state index contributed by atoms with van der Waals surface area (Å²) in [5.74, 6) is -0.661. The molecule has 3 heteroatoms. The van der Waals surface area contributed by atoms with Crippen LogP contribution in [0.4, 0.5) is 0 Å². The largest absolute Gasteiger partial charge is 0.305 e. The van der Waals surface area contributed by atoms with Crippen LogP contribution < -0.4 is 0 Å². The van der Waals surface area contributed by atoms with E-state index in [2.05, 4.69) is 88.8 Å². The van der Waals surface area contributed by atoms with Gasteiger partial charge < -0.3 is 9.97 Å². The van der Waals surface area contributed by atoms with Gasteiger partial charge in [-0.05, 0) is 45.9 Å². The van der Waals surface area contributed by atoms with E-state index in [1.54, 1.807) is 12.4 Å². The van der Waals surface area contributed by atoms with Crippen LogP contribution in [-0.2, 0) is 20.1 Å². The monoisotopic (exact) mass is 720 g/mol. The minimum Gasteiger partial charge on any atom is -0.305 e. The van der Waals surface area contributed by atoms with Gasteiger partial charge in [-0.3, -0.25) is 0 Å². The minimum absolute atomic E-state index is 0. The summed E-state index contributed by atoms with van der Waals surface area (Å²) in [6, 6.07) is 49.7.